The summed E-state index contributed by atoms with van der Waals surface area (Å²) in [7, 11) is 0. The van der Waals surface area contributed by atoms with Crippen molar-refractivity contribution in [3.8, 4) is 11.8 Å². The van der Waals surface area contributed by atoms with Crippen LogP contribution in [0.15, 0.2) is 18.3 Å². The van der Waals surface area contributed by atoms with Crippen molar-refractivity contribution in [2.45, 2.75) is 64.9 Å². The number of nitrogens with zero attached hydrogens (tertiary/aromatic N) is 2. The predicted octanol–water partition coefficient (Wildman–Crippen LogP) is 4.47. The minimum Gasteiger partial charge on any atom is -0.489 e. The average Bonchev–Trinajstić information content (AvgIpc) is 2.45. The van der Waals surface area contributed by atoms with Crippen molar-refractivity contribution < 1.29 is 4.74 Å². The van der Waals surface area contributed by atoms with E-state index in [9.17, 15) is 0 Å². The maximum absolute atomic E-state index is 8.67. The molecule has 0 saturated heterocycles. The Morgan fingerprint density at radius 2 is 1.74 bits per heavy atom. The molecule has 0 unspecified atom stereocenters. The zero-order valence-corrected chi connectivity index (χ0v) is 12.1. The zero-order valence-electron chi connectivity index (χ0n) is 12.1. The minimum absolute atomic E-state index is 0.324. The fourth-order valence-electron chi connectivity index (χ4n) is 2.25. The molecule has 1 aromatic rings. The van der Waals surface area contributed by atoms with Gasteiger partial charge in [-0.3, -0.25) is 0 Å². The summed E-state index contributed by atoms with van der Waals surface area (Å²) < 4.78 is 5.92. The van der Waals surface area contributed by atoms with Crippen molar-refractivity contribution >= 4 is 0 Å². The molecule has 0 aromatic carbocycles. The van der Waals surface area contributed by atoms with Crippen LogP contribution in [0.1, 0.15) is 64.5 Å². The zero-order chi connectivity index (χ0) is 13.9. The lowest BCUT2D eigenvalue weighted by Gasteiger charge is -2.21. The molecule has 1 aromatic heterocycles. The van der Waals surface area contributed by atoms with Crippen LogP contribution in [-0.4, -0.2) is 11.1 Å². The van der Waals surface area contributed by atoms with Crippen LogP contribution in [0.25, 0.3) is 0 Å². The highest BCUT2D eigenvalue weighted by atomic mass is 16.5. The predicted molar refractivity (Wildman–Crippen MR) is 77.0 cm³/mol. The summed E-state index contributed by atoms with van der Waals surface area (Å²) in [6, 6.07) is 5.55. The first-order valence-corrected chi connectivity index (χ1v) is 7.41. The third kappa shape index (κ3) is 5.74. The van der Waals surface area contributed by atoms with Gasteiger partial charge in [-0.15, -0.1) is 0 Å². The van der Waals surface area contributed by atoms with Crippen molar-refractivity contribution in [3.63, 3.8) is 0 Å². The SMILES string of the molecule is CC.N#Cc1ccc(OC2CCCCCCC2)cn1. The lowest BCUT2D eigenvalue weighted by molar-refractivity contribution is 0.166. The van der Waals surface area contributed by atoms with Crippen LogP contribution in [0.4, 0.5) is 0 Å². The summed E-state index contributed by atoms with van der Waals surface area (Å²) in [6.07, 6.45) is 10.8. The third-order valence-electron chi connectivity index (χ3n) is 3.21. The van der Waals surface area contributed by atoms with Crippen molar-refractivity contribution in [1.29, 1.82) is 5.26 Å². The van der Waals surface area contributed by atoms with Gasteiger partial charge in [-0.1, -0.05) is 33.1 Å². The van der Waals surface area contributed by atoms with Gasteiger partial charge in [0.05, 0.1) is 12.3 Å². The number of ether oxygens (including phenoxy) is 1. The molecular weight excluding hydrogens is 236 g/mol. The van der Waals surface area contributed by atoms with E-state index in [0.29, 0.717) is 11.8 Å². The standard InChI is InChI=1S/C14H18N2O.C2H6/c15-10-12-8-9-14(11-16-12)17-13-6-4-2-1-3-5-7-13;1-2/h8-9,11,13H,1-7H2;1-2H3. The molecule has 1 aliphatic rings. The molecular formula is C16H24N2O. The van der Waals surface area contributed by atoms with E-state index in [4.69, 9.17) is 10.00 Å². The van der Waals surface area contributed by atoms with E-state index in [1.165, 1.54) is 32.1 Å². The number of rotatable bonds is 2. The molecule has 0 atom stereocenters. The molecule has 3 heteroatoms. The quantitative estimate of drug-likeness (QED) is 0.788. The van der Waals surface area contributed by atoms with E-state index in [-0.39, 0.29) is 0 Å². The molecule has 1 aliphatic carbocycles. The van der Waals surface area contributed by atoms with Crippen LogP contribution in [0.5, 0.6) is 5.75 Å². The first-order chi connectivity index (χ1) is 9.38. The molecule has 104 valence electrons. The summed E-state index contributed by atoms with van der Waals surface area (Å²) in [4.78, 5) is 4.02. The van der Waals surface area contributed by atoms with Gasteiger partial charge in [-0.05, 0) is 37.8 Å². The lowest BCUT2D eigenvalue weighted by Crippen LogP contribution is -2.17. The second kappa shape index (κ2) is 9.38. The first kappa shape index (κ1) is 15.5. The summed E-state index contributed by atoms with van der Waals surface area (Å²) in [5.74, 6) is 0.787. The van der Waals surface area contributed by atoms with Crippen LogP contribution in [0.2, 0.25) is 0 Å². The average molecular weight is 260 g/mol. The molecule has 0 bridgehead atoms. The second-order valence-electron chi connectivity index (χ2n) is 4.58. The topological polar surface area (TPSA) is 45.9 Å². The Morgan fingerprint density at radius 1 is 1.11 bits per heavy atom. The number of pyridine rings is 1. The highest BCUT2D eigenvalue weighted by Gasteiger charge is 2.12. The van der Waals surface area contributed by atoms with Gasteiger partial charge in [-0.2, -0.15) is 5.26 Å². The second-order valence-corrected chi connectivity index (χ2v) is 4.58. The van der Waals surface area contributed by atoms with E-state index >= 15 is 0 Å². The van der Waals surface area contributed by atoms with Gasteiger partial charge in [0.1, 0.15) is 17.5 Å². The molecule has 0 spiro atoms. The summed E-state index contributed by atoms with van der Waals surface area (Å²) in [5.41, 5.74) is 0.440. The van der Waals surface area contributed by atoms with Crippen LogP contribution in [0.3, 0.4) is 0 Å². The molecule has 2 rings (SSSR count). The molecule has 19 heavy (non-hydrogen) atoms. The smallest absolute Gasteiger partial charge is 0.140 e. The van der Waals surface area contributed by atoms with Gasteiger partial charge in [0.25, 0.3) is 0 Å². The Bertz CT molecular complexity index is 373. The number of nitriles is 1. The van der Waals surface area contributed by atoms with E-state index in [0.717, 1.165) is 18.6 Å². The Morgan fingerprint density at radius 3 is 2.26 bits per heavy atom. The van der Waals surface area contributed by atoms with Crippen LogP contribution >= 0.6 is 0 Å². The maximum atomic E-state index is 8.67. The highest BCUT2D eigenvalue weighted by Crippen LogP contribution is 2.21. The molecule has 0 N–H and O–H groups in total. The van der Waals surface area contributed by atoms with Crippen LogP contribution in [0, 0.1) is 11.3 Å². The number of hydrogen-bond donors (Lipinski definition) is 0. The van der Waals surface area contributed by atoms with Gasteiger partial charge in [0, 0.05) is 0 Å². The molecule has 0 amide bonds. The number of hydrogen-bond acceptors (Lipinski definition) is 3. The normalized spacial score (nSPS) is 16.3. The minimum atomic E-state index is 0.324. The van der Waals surface area contributed by atoms with Crippen molar-refractivity contribution in [2.75, 3.05) is 0 Å². The Labute approximate surface area is 116 Å². The lowest BCUT2D eigenvalue weighted by atomic mass is 9.98. The van der Waals surface area contributed by atoms with E-state index in [1.807, 2.05) is 26.0 Å². The highest BCUT2D eigenvalue weighted by molar-refractivity contribution is 5.26. The van der Waals surface area contributed by atoms with E-state index < -0.39 is 0 Å². The van der Waals surface area contributed by atoms with E-state index in [2.05, 4.69) is 4.98 Å². The molecule has 1 saturated carbocycles. The molecule has 0 radical (unpaired) electrons. The third-order valence-corrected chi connectivity index (χ3v) is 3.21. The monoisotopic (exact) mass is 260 g/mol. The van der Waals surface area contributed by atoms with Crippen molar-refractivity contribution in [3.05, 3.63) is 24.0 Å². The van der Waals surface area contributed by atoms with Gasteiger partial charge in [0.15, 0.2) is 0 Å². The molecule has 0 aliphatic heterocycles. The van der Waals surface area contributed by atoms with Crippen LogP contribution in [-0.2, 0) is 0 Å². The molecule has 1 fully saturated rings. The molecule has 3 nitrogen and oxygen atoms in total. The maximum Gasteiger partial charge on any atom is 0.140 e. The Kier molecular flexibility index (Phi) is 7.65. The Balaban J connectivity index is 0.000000861. The summed E-state index contributed by atoms with van der Waals surface area (Å²) in [6.45, 7) is 4.00. The van der Waals surface area contributed by atoms with Gasteiger partial charge in [0.2, 0.25) is 0 Å². The van der Waals surface area contributed by atoms with Gasteiger partial charge >= 0.3 is 0 Å². The fraction of sp³-hybridized carbons (Fsp3) is 0.625. The fourth-order valence-corrected chi connectivity index (χ4v) is 2.25. The first-order valence-electron chi connectivity index (χ1n) is 7.41. The van der Waals surface area contributed by atoms with Crippen LogP contribution < -0.4 is 4.74 Å². The van der Waals surface area contributed by atoms with Crippen molar-refractivity contribution in [1.82, 2.24) is 4.98 Å². The van der Waals surface area contributed by atoms with Crippen molar-refractivity contribution in [2.24, 2.45) is 0 Å². The van der Waals surface area contributed by atoms with Gasteiger partial charge in [-0.25, -0.2) is 4.98 Å². The number of aromatic nitrogens is 1. The summed E-state index contributed by atoms with van der Waals surface area (Å²) >= 11 is 0. The summed E-state index contributed by atoms with van der Waals surface area (Å²) in [5, 5.41) is 8.67. The van der Waals surface area contributed by atoms with Gasteiger partial charge < -0.3 is 4.74 Å². The largest absolute Gasteiger partial charge is 0.489 e. The Hall–Kier alpha value is -1.56. The molecule has 1 heterocycles. The van der Waals surface area contributed by atoms with E-state index in [1.54, 1.807) is 12.3 Å².